The fourth-order valence-electron chi connectivity index (χ4n) is 3.58. The Kier molecular flexibility index (Phi) is 7.95. The minimum absolute atomic E-state index is 0.0172. The summed E-state index contributed by atoms with van der Waals surface area (Å²) in [6, 6.07) is 22.6. The molecule has 2 amide bonds. The van der Waals surface area contributed by atoms with Crippen LogP contribution in [0.25, 0.3) is 0 Å². The number of hydrogen-bond donors (Lipinski definition) is 2. The Morgan fingerprint density at radius 1 is 0.919 bits per heavy atom. The van der Waals surface area contributed by atoms with Crippen molar-refractivity contribution in [2.45, 2.75) is 18.4 Å². The quantitative estimate of drug-likeness (QED) is 0.312. The SMILES string of the molecule is Cc1ccc(S(=O)(=O)N(CC(=O)Nc2ccccc2C(=O)NCc2ccco2)c2ccccc2Cl)cc1. The van der Waals surface area contributed by atoms with Gasteiger partial charge in [-0.2, -0.15) is 0 Å². The first-order valence-electron chi connectivity index (χ1n) is 11.3. The number of halogens is 1. The van der Waals surface area contributed by atoms with Crippen LogP contribution in [0, 0.1) is 6.92 Å². The Labute approximate surface area is 219 Å². The lowest BCUT2D eigenvalue weighted by Crippen LogP contribution is -2.38. The smallest absolute Gasteiger partial charge is 0.264 e. The molecule has 10 heteroatoms. The van der Waals surface area contributed by atoms with Gasteiger partial charge in [0, 0.05) is 0 Å². The van der Waals surface area contributed by atoms with Gasteiger partial charge in [-0.05, 0) is 55.5 Å². The second-order valence-electron chi connectivity index (χ2n) is 8.13. The highest BCUT2D eigenvalue weighted by Gasteiger charge is 2.29. The minimum atomic E-state index is -4.14. The molecular formula is C27H24ClN3O5S. The third-order valence-electron chi connectivity index (χ3n) is 5.47. The van der Waals surface area contributed by atoms with Crippen molar-refractivity contribution in [1.29, 1.82) is 0 Å². The van der Waals surface area contributed by atoms with Crippen molar-refractivity contribution in [3.63, 3.8) is 0 Å². The molecule has 0 aliphatic carbocycles. The van der Waals surface area contributed by atoms with Crippen molar-refractivity contribution in [3.05, 3.63) is 113 Å². The molecule has 0 atom stereocenters. The predicted octanol–water partition coefficient (Wildman–Crippen LogP) is 5.01. The van der Waals surface area contributed by atoms with E-state index in [1.807, 2.05) is 6.92 Å². The van der Waals surface area contributed by atoms with Gasteiger partial charge in [0.25, 0.3) is 15.9 Å². The van der Waals surface area contributed by atoms with Crippen LogP contribution in [0.4, 0.5) is 11.4 Å². The molecule has 4 aromatic rings. The van der Waals surface area contributed by atoms with Crippen molar-refractivity contribution in [2.24, 2.45) is 0 Å². The number of furan rings is 1. The van der Waals surface area contributed by atoms with Gasteiger partial charge in [0.1, 0.15) is 12.3 Å². The number of anilines is 2. The number of aryl methyl sites for hydroxylation is 1. The van der Waals surface area contributed by atoms with Crippen molar-refractivity contribution < 1.29 is 22.4 Å². The third-order valence-corrected chi connectivity index (χ3v) is 7.56. The maximum atomic E-state index is 13.6. The first-order valence-corrected chi connectivity index (χ1v) is 13.1. The second kappa shape index (κ2) is 11.3. The topological polar surface area (TPSA) is 109 Å². The van der Waals surface area contributed by atoms with E-state index in [-0.39, 0.29) is 33.4 Å². The molecule has 2 N–H and O–H groups in total. The Balaban J connectivity index is 1.58. The summed E-state index contributed by atoms with van der Waals surface area (Å²) in [5.74, 6) is -0.504. The van der Waals surface area contributed by atoms with Crippen molar-refractivity contribution >= 4 is 44.8 Å². The third kappa shape index (κ3) is 6.19. The number of benzene rings is 3. The normalized spacial score (nSPS) is 11.1. The van der Waals surface area contributed by atoms with Gasteiger partial charge in [-0.3, -0.25) is 13.9 Å². The fourth-order valence-corrected chi connectivity index (χ4v) is 5.30. The zero-order valence-corrected chi connectivity index (χ0v) is 21.4. The molecule has 0 fully saturated rings. The molecule has 4 rings (SSSR count). The monoisotopic (exact) mass is 537 g/mol. The summed E-state index contributed by atoms with van der Waals surface area (Å²) < 4.78 is 33.3. The van der Waals surface area contributed by atoms with Gasteiger partial charge in [-0.1, -0.05) is 53.6 Å². The highest BCUT2D eigenvalue weighted by atomic mass is 35.5. The van der Waals surface area contributed by atoms with Gasteiger partial charge in [0.15, 0.2) is 0 Å². The molecule has 0 spiro atoms. The van der Waals surface area contributed by atoms with Crippen LogP contribution in [0.15, 0.2) is 101 Å². The molecule has 1 heterocycles. The van der Waals surface area contributed by atoms with Crippen molar-refractivity contribution in [1.82, 2.24) is 5.32 Å². The molecule has 190 valence electrons. The van der Waals surface area contributed by atoms with Crippen LogP contribution in [-0.2, 0) is 21.4 Å². The van der Waals surface area contributed by atoms with Gasteiger partial charge in [-0.25, -0.2) is 8.42 Å². The van der Waals surface area contributed by atoms with Crippen molar-refractivity contribution in [2.75, 3.05) is 16.2 Å². The average Bonchev–Trinajstić information content (AvgIpc) is 3.41. The number of sulfonamides is 1. The maximum Gasteiger partial charge on any atom is 0.264 e. The van der Waals surface area contributed by atoms with E-state index in [0.717, 1.165) is 9.87 Å². The Hall–Kier alpha value is -4.08. The fraction of sp³-hybridized carbons (Fsp3) is 0.111. The summed E-state index contributed by atoms with van der Waals surface area (Å²) in [6.45, 7) is 1.45. The van der Waals surface area contributed by atoms with Gasteiger partial charge in [0.2, 0.25) is 5.91 Å². The van der Waals surface area contributed by atoms with Crippen LogP contribution < -0.4 is 14.9 Å². The number of hydrogen-bond acceptors (Lipinski definition) is 5. The summed E-state index contributed by atoms with van der Waals surface area (Å²) in [6.07, 6.45) is 1.51. The molecule has 0 saturated heterocycles. The summed E-state index contributed by atoms with van der Waals surface area (Å²) >= 11 is 6.33. The predicted molar refractivity (Wildman–Crippen MR) is 142 cm³/mol. The number of carbonyl (C=O) groups is 2. The number of rotatable bonds is 9. The largest absolute Gasteiger partial charge is 0.467 e. The zero-order chi connectivity index (χ0) is 26.4. The lowest BCUT2D eigenvalue weighted by atomic mass is 10.1. The molecule has 0 unspecified atom stereocenters. The van der Waals surface area contributed by atoms with Crippen LogP contribution in [0.2, 0.25) is 5.02 Å². The lowest BCUT2D eigenvalue weighted by Gasteiger charge is -2.25. The molecule has 0 aliphatic rings. The van der Waals surface area contributed by atoms with E-state index in [4.69, 9.17) is 16.0 Å². The molecule has 37 heavy (non-hydrogen) atoms. The molecule has 1 aromatic heterocycles. The molecular weight excluding hydrogens is 514 g/mol. The molecule has 3 aromatic carbocycles. The van der Waals surface area contributed by atoms with E-state index >= 15 is 0 Å². The molecule has 0 radical (unpaired) electrons. The van der Waals surface area contributed by atoms with E-state index in [1.54, 1.807) is 66.7 Å². The Bertz CT molecular complexity index is 1500. The van der Waals surface area contributed by atoms with Gasteiger partial charge in [0.05, 0.1) is 39.7 Å². The van der Waals surface area contributed by atoms with E-state index in [1.165, 1.54) is 24.5 Å². The first kappa shape index (κ1) is 26.0. The Morgan fingerprint density at radius 2 is 1.62 bits per heavy atom. The van der Waals surface area contributed by atoms with E-state index < -0.39 is 28.4 Å². The minimum Gasteiger partial charge on any atom is -0.467 e. The molecule has 0 saturated carbocycles. The van der Waals surface area contributed by atoms with Crippen LogP contribution in [-0.4, -0.2) is 26.8 Å². The number of amides is 2. The standard InChI is InChI=1S/C27H24ClN3O5S/c1-19-12-14-21(15-13-19)37(34,35)31(25-11-5-3-9-23(25)28)18-26(32)30-24-10-4-2-8-22(24)27(33)29-17-20-7-6-16-36-20/h2-16H,17-18H2,1H3,(H,29,33)(H,30,32). The summed E-state index contributed by atoms with van der Waals surface area (Å²) in [4.78, 5) is 25.9. The Morgan fingerprint density at radius 3 is 2.32 bits per heavy atom. The summed E-state index contributed by atoms with van der Waals surface area (Å²) in [7, 11) is -4.14. The maximum absolute atomic E-state index is 13.6. The van der Waals surface area contributed by atoms with E-state index in [9.17, 15) is 18.0 Å². The summed E-state index contributed by atoms with van der Waals surface area (Å²) in [5, 5.41) is 5.57. The van der Waals surface area contributed by atoms with Crippen LogP contribution in [0.3, 0.4) is 0 Å². The highest BCUT2D eigenvalue weighted by Crippen LogP contribution is 2.30. The van der Waals surface area contributed by atoms with E-state index in [2.05, 4.69) is 10.6 Å². The zero-order valence-electron chi connectivity index (χ0n) is 19.8. The van der Waals surface area contributed by atoms with Gasteiger partial charge in [-0.15, -0.1) is 0 Å². The van der Waals surface area contributed by atoms with Crippen molar-refractivity contribution in [3.8, 4) is 0 Å². The second-order valence-corrected chi connectivity index (χ2v) is 10.4. The summed E-state index contributed by atoms with van der Waals surface area (Å²) in [5.41, 5.74) is 1.50. The first-order chi connectivity index (χ1) is 17.8. The van der Waals surface area contributed by atoms with Crippen LogP contribution in [0.1, 0.15) is 21.7 Å². The number of nitrogens with one attached hydrogen (secondary N) is 2. The number of para-hydroxylation sites is 2. The molecule has 0 bridgehead atoms. The van der Waals surface area contributed by atoms with Gasteiger partial charge >= 0.3 is 0 Å². The molecule has 0 aliphatic heterocycles. The van der Waals surface area contributed by atoms with Crippen LogP contribution in [0.5, 0.6) is 0 Å². The van der Waals surface area contributed by atoms with E-state index in [0.29, 0.717) is 5.76 Å². The lowest BCUT2D eigenvalue weighted by molar-refractivity contribution is -0.114. The van der Waals surface area contributed by atoms with Gasteiger partial charge < -0.3 is 15.1 Å². The van der Waals surface area contributed by atoms with Crippen LogP contribution >= 0.6 is 11.6 Å². The number of carbonyl (C=O) groups excluding carboxylic acids is 2. The molecule has 8 nitrogen and oxygen atoms in total. The number of nitrogens with zero attached hydrogens (tertiary/aromatic N) is 1. The average molecular weight is 538 g/mol. The highest BCUT2D eigenvalue weighted by molar-refractivity contribution is 7.92.